The Kier molecular flexibility index (Phi) is 4.63. The fourth-order valence-corrected chi connectivity index (χ4v) is 3.14. The van der Waals surface area contributed by atoms with Crippen molar-refractivity contribution in [2.75, 3.05) is 19.7 Å². The van der Waals surface area contributed by atoms with Gasteiger partial charge >= 0.3 is 6.03 Å². The van der Waals surface area contributed by atoms with Gasteiger partial charge in [-0.15, -0.1) is 0 Å². The molecule has 1 saturated carbocycles. The fraction of sp³-hybridized carbons (Fsp3) is 0.846. The Morgan fingerprint density at radius 3 is 2.74 bits per heavy atom. The Morgan fingerprint density at radius 1 is 1.26 bits per heavy atom. The number of aliphatic hydroxyl groups is 1. The molecule has 0 aromatic rings. The second-order valence-corrected chi connectivity index (χ2v) is 5.61. The van der Waals surface area contributed by atoms with E-state index in [2.05, 4.69) is 5.32 Å². The predicted molar refractivity (Wildman–Crippen MR) is 70.2 cm³/mol. The van der Waals surface area contributed by atoms with Gasteiger partial charge < -0.3 is 21.1 Å². The Balaban J connectivity index is 1.87. The molecule has 3 amide bonds. The van der Waals surface area contributed by atoms with E-state index in [1.54, 1.807) is 0 Å². The quantitative estimate of drug-likeness (QED) is 0.675. The van der Waals surface area contributed by atoms with Crippen molar-refractivity contribution in [1.82, 2.24) is 10.2 Å². The Bertz CT molecular complexity index is 348. The number of piperidine rings is 1. The van der Waals surface area contributed by atoms with Crippen LogP contribution in [0.15, 0.2) is 0 Å². The summed E-state index contributed by atoms with van der Waals surface area (Å²) < 4.78 is 0. The highest BCUT2D eigenvalue weighted by molar-refractivity contribution is 5.80. The summed E-state index contributed by atoms with van der Waals surface area (Å²) in [6, 6.07) is -0.368. The SMILES string of the molecule is NC(=O)N1CCCC(C(=O)NC2CCCC2CO)C1. The van der Waals surface area contributed by atoms with Crippen molar-refractivity contribution < 1.29 is 14.7 Å². The molecule has 1 heterocycles. The lowest BCUT2D eigenvalue weighted by Crippen LogP contribution is -2.49. The van der Waals surface area contributed by atoms with Crippen molar-refractivity contribution in [3.8, 4) is 0 Å². The van der Waals surface area contributed by atoms with Gasteiger partial charge in [0.25, 0.3) is 0 Å². The summed E-state index contributed by atoms with van der Waals surface area (Å²) in [4.78, 5) is 24.9. The Hall–Kier alpha value is -1.30. The lowest BCUT2D eigenvalue weighted by molar-refractivity contribution is -0.127. The van der Waals surface area contributed by atoms with Crippen LogP contribution in [0.2, 0.25) is 0 Å². The molecule has 6 heteroatoms. The maximum Gasteiger partial charge on any atom is 0.314 e. The largest absolute Gasteiger partial charge is 0.396 e. The maximum atomic E-state index is 12.2. The topological polar surface area (TPSA) is 95.7 Å². The van der Waals surface area contributed by atoms with Crippen LogP contribution in [0.3, 0.4) is 0 Å². The van der Waals surface area contributed by atoms with E-state index in [4.69, 9.17) is 5.73 Å². The van der Waals surface area contributed by atoms with Crippen LogP contribution >= 0.6 is 0 Å². The second kappa shape index (κ2) is 6.23. The Labute approximate surface area is 113 Å². The molecule has 6 nitrogen and oxygen atoms in total. The van der Waals surface area contributed by atoms with Gasteiger partial charge in [0, 0.05) is 31.7 Å². The summed E-state index contributed by atoms with van der Waals surface area (Å²) in [6.45, 7) is 1.18. The second-order valence-electron chi connectivity index (χ2n) is 5.61. The van der Waals surface area contributed by atoms with Gasteiger partial charge in [0.2, 0.25) is 5.91 Å². The van der Waals surface area contributed by atoms with Gasteiger partial charge in [-0.1, -0.05) is 6.42 Å². The minimum atomic E-state index is -0.452. The predicted octanol–water partition coefficient (Wildman–Crippen LogP) is 0.0543. The number of hydrogen-bond donors (Lipinski definition) is 3. The molecule has 108 valence electrons. The van der Waals surface area contributed by atoms with E-state index >= 15 is 0 Å². The number of primary amides is 1. The van der Waals surface area contributed by atoms with Crippen LogP contribution in [0.25, 0.3) is 0 Å². The molecule has 3 atom stereocenters. The van der Waals surface area contributed by atoms with Gasteiger partial charge in [0.05, 0.1) is 5.92 Å². The molecule has 3 unspecified atom stereocenters. The summed E-state index contributed by atoms with van der Waals surface area (Å²) in [5, 5.41) is 12.3. The third-order valence-electron chi connectivity index (χ3n) is 4.33. The van der Waals surface area contributed by atoms with Gasteiger partial charge in [-0.05, 0) is 25.7 Å². The summed E-state index contributed by atoms with van der Waals surface area (Å²) in [5.41, 5.74) is 5.26. The summed E-state index contributed by atoms with van der Waals surface area (Å²) in [5.74, 6) is 0.0114. The zero-order valence-electron chi connectivity index (χ0n) is 11.2. The lowest BCUT2D eigenvalue weighted by atomic mass is 9.96. The van der Waals surface area contributed by atoms with Gasteiger partial charge in [-0.25, -0.2) is 4.79 Å². The van der Waals surface area contributed by atoms with E-state index in [9.17, 15) is 14.7 Å². The first-order valence-corrected chi connectivity index (χ1v) is 7.07. The number of amides is 3. The van der Waals surface area contributed by atoms with Crippen LogP contribution in [0, 0.1) is 11.8 Å². The standard InChI is InChI=1S/C13H23N3O3/c14-13(19)16-6-2-4-9(7-16)12(18)15-11-5-1-3-10(11)8-17/h9-11,17H,1-8H2,(H2,14,19)(H,15,18). The summed E-state index contributed by atoms with van der Waals surface area (Å²) in [7, 11) is 0. The number of nitrogens with one attached hydrogen (secondary N) is 1. The lowest BCUT2D eigenvalue weighted by Gasteiger charge is -2.32. The molecule has 2 rings (SSSR count). The van der Waals surface area contributed by atoms with Crippen LogP contribution in [-0.4, -0.2) is 47.7 Å². The van der Waals surface area contributed by atoms with E-state index in [0.717, 1.165) is 32.1 Å². The van der Waals surface area contributed by atoms with Gasteiger partial charge in [0.15, 0.2) is 0 Å². The fourth-order valence-electron chi connectivity index (χ4n) is 3.14. The van der Waals surface area contributed by atoms with Crippen LogP contribution in [0.4, 0.5) is 4.79 Å². The molecule has 4 N–H and O–H groups in total. The Morgan fingerprint density at radius 2 is 2.05 bits per heavy atom. The van der Waals surface area contributed by atoms with E-state index in [1.165, 1.54) is 4.90 Å². The van der Waals surface area contributed by atoms with Gasteiger partial charge in [-0.2, -0.15) is 0 Å². The zero-order chi connectivity index (χ0) is 13.8. The molecule has 1 aliphatic carbocycles. The molecule has 0 bridgehead atoms. The highest BCUT2D eigenvalue weighted by Crippen LogP contribution is 2.26. The van der Waals surface area contributed by atoms with E-state index in [-0.39, 0.29) is 30.4 Å². The molecule has 2 aliphatic rings. The normalized spacial score (nSPS) is 31.2. The summed E-state index contributed by atoms with van der Waals surface area (Å²) in [6.07, 6.45) is 4.57. The van der Waals surface area contributed by atoms with Crippen LogP contribution < -0.4 is 11.1 Å². The monoisotopic (exact) mass is 269 g/mol. The third-order valence-corrected chi connectivity index (χ3v) is 4.33. The first kappa shape index (κ1) is 14.1. The highest BCUT2D eigenvalue weighted by atomic mass is 16.3. The van der Waals surface area contributed by atoms with Crippen molar-refractivity contribution in [3.05, 3.63) is 0 Å². The molecular weight excluding hydrogens is 246 g/mol. The first-order chi connectivity index (χ1) is 9.11. The molecule has 0 aromatic carbocycles. The average molecular weight is 269 g/mol. The summed E-state index contributed by atoms with van der Waals surface area (Å²) >= 11 is 0. The number of nitrogens with two attached hydrogens (primary N) is 1. The van der Waals surface area contributed by atoms with Crippen molar-refractivity contribution in [3.63, 3.8) is 0 Å². The number of aliphatic hydroxyl groups excluding tert-OH is 1. The third kappa shape index (κ3) is 3.37. The molecule has 19 heavy (non-hydrogen) atoms. The number of hydrogen-bond acceptors (Lipinski definition) is 3. The van der Waals surface area contributed by atoms with E-state index in [1.807, 2.05) is 0 Å². The average Bonchev–Trinajstić information content (AvgIpc) is 2.86. The molecule has 0 radical (unpaired) electrons. The van der Waals surface area contributed by atoms with Crippen molar-refractivity contribution in [2.24, 2.45) is 17.6 Å². The van der Waals surface area contributed by atoms with Gasteiger partial charge in [-0.3, -0.25) is 4.79 Å². The van der Waals surface area contributed by atoms with E-state index < -0.39 is 6.03 Å². The smallest absolute Gasteiger partial charge is 0.314 e. The van der Waals surface area contributed by atoms with Crippen LogP contribution in [0.5, 0.6) is 0 Å². The minimum Gasteiger partial charge on any atom is -0.396 e. The number of carbonyl (C=O) groups is 2. The number of rotatable bonds is 3. The first-order valence-electron chi connectivity index (χ1n) is 7.07. The van der Waals surface area contributed by atoms with Crippen molar-refractivity contribution in [2.45, 2.75) is 38.1 Å². The number of nitrogens with zero attached hydrogens (tertiary/aromatic N) is 1. The highest BCUT2D eigenvalue weighted by Gasteiger charge is 2.32. The van der Waals surface area contributed by atoms with Crippen molar-refractivity contribution >= 4 is 11.9 Å². The van der Waals surface area contributed by atoms with Crippen LogP contribution in [-0.2, 0) is 4.79 Å². The van der Waals surface area contributed by atoms with Crippen LogP contribution in [0.1, 0.15) is 32.1 Å². The maximum absolute atomic E-state index is 12.2. The van der Waals surface area contributed by atoms with E-state index in [0.29, 0.717) is 13.1 Å². The zero-order valence-corrected chi connectivity index (χ0v) is 11.2. The molecule has 1 saturated heterocycles. The van der Waals surface area contributed by atoms with Gasteiger partial charge in [0.1, 0.15) is 0 Å². The molecule has 0 spiro atoms. The number of likely N-dealkylation sites (tertiary alicyclic amines) is 1. The van der Waals surface area contributed by atoms with Crippen molar-refractivity contribution in [1.29, 1.82) is 0 Å². The molecular formula is C13H23N3O3. The number of carbonyl (C=O) groups excluding carboxylic acids is 2. The molecule has 0 aromatic heterocycles. The molecule has 2 fully saturated rings. The molecule has 1 aliphatic heterocycles. The minimum absolute atomic E-state index is 0.00343. The number of urea groups is 1.